The zero-order chi connectivity index (χ0) is 19.6. The number of aromatic nitrogens is 1. The molecular weight excluding hydrogens is 370 g/mol. The van der Waals surface area contributed by atoms with Crippen molar-refractivity contribution in [3.63, 3.8) is 0 Å². The van der Waals surface area contributed by atoms with Crippen LogP contribution in [0, 0.1) is 0 Å². The van der Waals surface area contributed by atoms with E-state index in [2.05, 4.69) is 22.4 Å². The normalized spacial score (nSPS) is 11.0. The van der Waals surface area contributed by atoms with Crippen molar-refractivity contribution in [1.29, 1.82) is 0 Å². The standard InChI is InChI=1S/C22H23N3O2S/c1-2-3-14-27-19-11-9-17(10-12-19)15-24-25-21(26)16-28-20-8-4-6-18-7-5-13-23-22(18)20/h4-13,15H,2-3,14,16H2,1H3,(H,25,26)/b24-15-. The van der Waals surface area contributed by atoms with Gasteiger partial charge in [0.25, 0.3) is 0 Å². The van der Waals surface area contributed by atoms with Gasteiger partial charge >= 0.3 is 0 Å². The summed E-state index contributed by atoms with van der Waals surface area (Å²) in [7, 11) is 0. The highest BCUT2D eigenvalue weighted by atomic mass is 32.2. The van der Waals surface area contributed by atoms with E-state index in [0.29, 0.717) is 0 Å². The van der Waals surface area contributed by atoms with E-state index in [9.17, 15) is 4.79 Å². The number of benzene rings is 2. The summed E-state index contributed by atoms with van der Waals surface area (Å²) < 4.78 is 5.63. The Bertz CT molecular complexity index is 937. The highest BCUT2D eigenvalue weighted by molar-refractivity contribution is 8.00. The molecule has 0 aliphatic heterocycles. The van der Waals surface area contributed by atoms with Crippen molar-refractivity contribution in [3.05, 3.63) is 66.4 Å². The largest absolute Gasteiger partial charge is 0.494 e. The molecule has 0 atom stereocenters. The quantitative estimate of drug-likeness (QED) is 0.249. The molecule has 28 heavy (non-hydrogen) atoms. The molecular formula is C22H23N3O2S. The summed E-state index contributed by atoms with van der Waals surface area (Å²) in [6.45, 7) is 2.86. The topological polar surface area (TPSA) is 63.6 Å². The summed E-state index contributed by atoms with van der Waals surface area (Å²) in [5.41, 5.74) is 4.37. The van der Waals surface area contributed by atoms with Gasteiger partial charge in [-0.2, -0.15) is 5.10 Å². The number of ether oxygens (including phenoxy) is 1. The Labute approximate surface area is 169 Å². The molecule has 0 spiro atoms. The molecule has 0 radical (unpaired) electrons. The first kappa shape index (κ1) is 19.9. The molecule has 1 aromatic heterocycles. The number of para-hydroxylation sites is 1. The number of fused-ring (bicyclic) bond motifs is 1. The van der Waals surface area contributed by atoms with Gasteiger partial charge in [-0.25, -0.2) is 5.43 Å². The Hall–Kier alpha value is -2.86. The molecule has 3 aromatic rings. The first-order chi connectivity index (χ1) is 13.8. The van der Waals surface area contributed by atoms with Crippen LogP contribution in [-0.2, 0) is 4.79 Å². The van der Waals surface area contributed by atoms with Crippen LogP contribution in [0.1, 0.15) is 25.3 Å². The van der Waals surface area contributed by atoms with E-state index in [1.54, 1.807) is 12.4 Å². The molecule has 3 rings (SSSR count). The maximum absolute atomic E-state index is 12.1. The summed E-state index contributed by atoms with van der Waals surface area (Å²) in [6, 6.07) is 17.5. The third-order valence-corrected chi connectivity index (χ3v) is 5.05. The van der Waals surface area contributed by atoms with Crippen LogP contribution in [0.5, 0.6) is 5.75 Å². The number of unbranched alkanes of at least 4 members (excludes halogenated alkanes) is 1. The molecule has 0 bridgehead atoms. The number of hydrogen-bond donors (Lipinski definition) is 1. The van der Waals surface area contributed by atoms with Gasteiger partial charge in [-0.15, -0.1) is 11.8 Å². The number of hydrazone groups is 1. The average molecular weight is 394 g/mol. The Morgan fingerprint density at radius 3 is 2.82 bits per heavy atom. The summed E-state index contributed by atoms with van der Waals surface area (Å²) >= 11 is 1.45. The summed E-state index contributed by atoms with van der Waals surface area (Å²) in [4.78, 5) is 17.4. The molecule has 0 saturated heterocycles. The third-order valence-electron chi connectivity index (χ3n) is 4.00. The van der Waals surface area contributed by atoms with Gasteiger partial charge < -0.3 is 4.74 Å². The Morgan fingerprint density at radius 1 is 1.18 bits per heavy atom. The molecule has 0 unspecified atom stereocenters. The second-order valence-electron chi connectivity index (χ2n) is 6.18. The minimum atomic E-state index is -0.159. The molecule has 5 nitrogen and oxygen atoms in total. The molecule has 0 saturated carbocycles. The summed E-state index contributed by atoms with van der Waals surface area (Å²) in [5.74, 6) is 0.959. The average Bonchev–Trinajstić information content (AvgIpc) is 2.73. The maximum Gasteiger partial charge on any atom is 0.250 e. The Kier molecular flexibility index (Phi) is 7.44. The molecule has 1 N–H and O–H groups in total. The number of nitrogens with zero attached hydrogens (tertiary/aromatic N) is 2. The number of thioether (sulfide) groups is 1. The number of carbonyl (C=O) groups excluding carboxylic acids is 1. The number of amides is 1. The van der Waals surface area contributed by atoms with E-state index in [4.69, 9.17) is 4.74 Å². The lowest BCUT2D eigenvalue weighted by Gasteiger charge is -2.05. The highest BCUT2D eigenvalue weighted by Gasteiger charge is 2.06. The minimum Gasteiger partial charge on any atom is -0.494 e. The molecule has 0 fully saturated rings. The molecule has 1 amide bonds. The summed E-state index contributed by atoms with van der Waals surface area (Å²) in [6.07, 6.45) is 5.54. The fourth-order valence-electron chi connectivity index (χ4n) is 2.53. The molecule has 6 heteroatoms. The van der Waals surface area contributed by atoms with Crippen LogP contribution in [-0.4, -0.2) is 29.5 Å². The third kappa shape index (κ3) is 5.82. The molecule has 2 aromatic carbocycles. The minimum absolute atomic E-state index is 0.159. The predicted molar refractivity (Wildman–Crippen MR) is 115 cm³/mol. The maximum atomic E-state index is 12.1. The van der Waals surface area contributed by atoms with Gasteiger partial charge in [0.1, 0.15) is 5.75 Å². The smallest absolute Gasteiger partial charge is 0.250 e. The van der Waals surface area contributed by atoms with E-state index in [1.807, 2.05) is 54.6 Å². The predicted octanol–water partition coefficient (Wildman–Crippen LogP) is 4.66. The van der Waals surface area contributed by atoms with Gasteiger partial charge in [0.15, 0.2) is 0 Å². The van der Waals surface area contributed by atoms with Crippen molar-refractivity contribution in [2.45, 2.75) is 24.7 Å². The summed E-state index contributed by atoms with van der Waals surface area (Å²) in [5, 5.41) is 5.09. The van der Waals surface area contributed by atoms with Gasteiger partial charge in [-0.3, -0.25) is 9.78 Å². The van der Waals surface area contributed by atoms with Crippen molar-refractivity contribution in [2.75, 3.05) is 12.4 Å². The Morgan fingerprint density at radius 2 is 2.00 bits per heavy atom. The van der Waals surface area contributed by atoms with Crippen LogP contribution < -0.4 is 10.2 Å². The number of carbonyl (C=O) groups is 1. The van der Waals surface area contributed by atoms with Crippen LogP contribution in [0.4, 0.5) is 0 Å². The van der Waals surface area contributed by atoms with E-state index >= 15 is 0 Å². The lowest BCUT2D eigenvalue weighted by Crippen LogP contribution is -2.19. The first-order valence-corrected chi connectivity index (χ1v) is 10.3. The van der Waals surface area contributed by atoms with Crippen molar-refractivity contribution in [2.24, 2.45) is 5.10 Å². The second-order valence-corrected chi connectivity index (χ2v) is 7.20. The van der Waals surface area contributed by atoms with Crippen molar-refractivity contribution in [3.8, 4) is 5.75 Å². The lowest BCUT2D eigenvalue weighted by molar-refractivity contribution is -0.118. The lowest BCUT2D eigenvalue weighted by atomic mass is 10.2. The van der Waals surface area contributed by atoms with Crippen LogP contribution in [0.15, 0.2) is 70.8 Å². The van der Waals surface area contributed by atoms with E-state index < -0.39 is 0 Å². The monoisotopic (exact) mass is 393 g/mol. The fourth-order valence-corrected chi connectivity index (χ4v) is 3.36. The number of pyridine rings is 1. The van der Waals surface area contributed by atoms with Crippen molar-refractivity contribution < 1.29 is 9.53 Å². The highest BCUT2D eigenvalue weighted by Crippen LogP contribution is 2.25. The number of nitrogens with one attached hydrogen (secondary N) is 1. The SMILES string of the molecule is CCCCOc1ccc(/C=N\NC(=O)CSc2cccc3cccnc23)cc1. The van der Waals surface area contributed by atoms with Gasteiger partial charge in [-0.1, -0.05) is 31.5 Å². The molecule has 144 valence electrons. The fraction of sp³-hybridized carbons (Fsp3) is 0.227. The van der Waals surface area contributed by atoms with Crippen LogP contribution in [0.25, 0.3) is 10.9 Å². The van der Waals surface area contributed by atoms with E-state index in [1.165, 1.54) is 11.8 Å². The van der Waals surface area contributed by atoms with Crippen LogP contribution >= 0.6 is 11.8 Å². The molecule has 1 heterocycles. The molecule has 0 aliphatic rings. The van der Waals surface area contributed by atoms with Gasteiger partial charge in [0, 0.05) is 16.5 Å². The zero-order valence-corrected chi connectivity index (χ0v) is 16.6. The van der Waals surface area contributed by atoms with Gasteiger partial charge in [0.2, 0.25) is 5.91 Å². The second kappa shape index (κ2) is 10.5. The van der Waals surface area contributed by atoms with Gasteiger partial charge in [-0.05, 0) is 48.4 Å². The number of rotatable bonds is 9. The van der Waals surface area contributed by atoms with Crippen LogP contribution in [0.3, 0.4) is 0 Å². The van der Waals surface area contributed by atoms with E-state index in [0.717, 1.165) is 46.6 Å². The van der Waals surface area contributed by atoms with E-state index in [-0.39, 0.29) is 11.7 Å². The number of hydrogen-bond acceptors (Lipinski definition) is 5. The zero-order valence-electron chi connectivity index (χ0n) is 15.8. The first-order valence-electron chi connectivity index (χ1n) is 9.27. The van der Waals surface area contributed by atoms with Crippen molar-refractivity contribution in [1.82, 2.24) is 10.4 Å². The van der Waals surface area contributed by atoms with Crippen molar-refractivity contribution >= 4 is 34.8 Å². The Balaban J connectivity index is 1.47. The van der Waals surface area contributed by atoms with Crippen LogP contribution in [0.2, 0.25) is 0 Å². The van der Waals surface area contributed by atoms with Gasteiger partial charge in [0.05, 0.1) is 24.1 Å². The molecule has 0 aliphatic carbocycles.